The van der Waals surface area contributed by atoms with E-state index in [-0.39, 0.29) is 16.4 Å². The molecule has 0 spiro atoms. The van der Waals surface area contributed by atoms with Gasteiger partial charge < -0.3 is 10.6 Å². The third-order valence-electron chi connectivity index (χ3n) is 3.07. The lowest BCUT2D eigenvalue weighted by Gasteiger charge is -2.22. The number of para-hydroxylation sites is 1. The lowest BCUT2D eigenvalue weighted by atomic mass is 10.2. The van der Waals surface area contributed by atoms with Gasteiger partial charge >= 0.3 is 0 Å². The summed E-state index contributed by atoms with van der Waals surface area (Å²) in [7, 11) is -2.14. The molecule has 5 nitrogen and oxygen atoms in total. The monoisotopic (exact) mass is 309 g/mol. The SMILES string of the molecule is CN(Cc1cccc(F)c1)c1cccc(S(N)(=O)=O)c1N. The molecule has 0 aliphatic heterocycles. The highest BCUT2D eigenvalue weighted by Gasteiger charge is 2.16. The summed E-state index contributed by atoms with van der Waals surface area (Å²) in [6, 6.07) is 10.8. The number of nitrogens with two attached hydrogens (primary N) is 2. The van der Waals surface area contributed by atoms with E-state index in [4.69, 9.17) is 10.9 Å². The van der Waals surface area contributed by atoms with Crippen molar-refractivity contribution in [1.82, 2.24) is 0 Å². The molecule has 0 fully saturated rings. The summed E-state index contributed by atoms with van der Waals surface area (Å²) < 4.78 is 36.1. The zero-order valence-corrected chi connectivity index (χ0v) is 12.3. The molecular weight excluding hydrogens is 293 g/mol. The van der Waals surface area contributed by atoms with Crippen molar-refractivity contribution < 1.29 is 12.8 Å². The summed E-state index contributed by atoms with van der Waals surface area (Å²) in [6.07, 6.45) is 0. The van der Waals surface area contributed by atoms with Crippen LogP contribution in [0.3, 0.4) is 0 Å². The topological polar surface area (TPSA) is 89.4 Å². The van der Waals surface area contributed by atoms with E-state index in [0.29, 0.717) is 12.2 Å². The molecule has 0 heterocycles. The number of anilines is 2. The Bertz CT molecular complexity index is 763. The largest absolute Gasteiger partial charge is 0.396 e. The molecule has 0 atom stereocenters. The molecule has 0 aliphatic carbocycles. The number of halogens is 1. The van der Waals surface area contributed by atoms with E-state index in [9.17, 15) is 12.8 Å². The molecule has 0 bridgehead atoms. The molecule has 112 valence electrons. The Hall–Kier alpha value is -2.12. The number of hydrogen-bond acceptors (Lipinski definition) is 4. The lowest BCUT2D eigenvalue weighted by molar-refractivity contribution is 0.598. The number of primary sulfonamides is 1. The van der Waals surface area contributed by atoms with Crippen molar-refractivity contribution in [3.63, 3.8) is 0 Å². The Morgan fingerprint density at radius 3 is 2.48 bits per heavy atom. The fraction of sp³-hybridized carbons (Fsp3) is 0.143. The van der Waals surface area contributed by atoms with Gasteiger partial charge in [-0.3, -0.25) is 0 Å². The van der Waals surface area contributed by atoms with Crippen molar-refractivity contribution >= 4 is 21.4 Å². The highest BCUT2D eigenvalue weighted by molar-refractivity contribution is 7.89. The average Bonchev–Trinajstić information content (AvgIpc) is 2.37. The number of benzene rings is 2. The van der Waals surface area contributed by atoms with Gasteiger partial charge in [0.25, 0.3) is 0 Å². The zero-order chi connectivity index (χ0) is 15.6. The first-order valence-corrected chi connectivity index (χ1v) is 7.70. The third-order valence-corrected chi connectivity index (χ3v) is 4.04. The molecule has 7 heteroatoms. The van der Waals surface area contributed by atoms with Crippen LogP contribution in [0.25, 0.3) is 0 Å². The molecule has 0 aromatic heterocycles. The molecule has 0 saturated carbocycles. The Kier molecular flexibility index (Phi) is 4.15. The van der Waals surface area contributed by atoms with Crippen LogP contribution in [0.15, 0.2) is 47.4 Å². The van der Waals surface area contributed by atoms with Gasteiger partial charge in [0.2, 0.25) is 10.0 Å². The van der Waals surface area contributed by atoms with Crippen molar-refractivity contribution in [3.05, 3.63) is 53.8 Å². The number of rotatable bonds is 4. The molecule has 2 aromatic rings. The molecule has 0 unspecified atom stereocenters. The first-order valence-electron chi connectivity index (χ1n) is 6.16. The van der Waals surface area contributed by atoms with Crippen molar-refractivity contribution in [3.8, 4) is 0 Å². The molecule has 0 amide bonds. The van der Waals surface area contributed by atoms with Crippen LogP contribution >= 0.6 is 0 Å². The van der Waals surface area contributed by atoms with Crippen LogP contribution in [0.4, 0.5) is 15.8 Å². The number of hydrogen-bond donors (Lipinski definition) is 2. The van der Waals surface area contributed by atoms with Gasteiger partial charge in [0.1, 0.15) is 10.7 Å². The summed E-state index contributed by atoms with van der Waals surface area (Å²) in [6.45, 7) is 0.385. The maximum atomic E-state index is 13.2. The van der Waals surface area contributed by atoms with Gasteiger partial charge in [0.05, 0.1) is 11.4 Å². The van der Waals surface area contributed by atoms with Gasteiger partial charge in [-0.25, -0.2) is 17.9 Å². The minimum Gasteiger partial charge on any atom is -0.396 e. The second kappa shape index (κ2) is 5.71. The van der Waals surface area contributed by atoms with Gasteiger partial charge in [-0.15, -0.1) is 0 Å². The third kappa shape index (κ3) is 3.50. The quantitative estimate of drug-likeness (QED) is 0.841. The Balaban J connectivity index is 2.34. The standard InChI is InChI=1S/C14H16FN3O2S/c1-18(9-10-4-2-5-11(15)8-10)12-6-3-7-13(14(12)16)21(17,19)20/h2-8H,9,16H2,1H3,(H2,17,19,20). The zero-order valence-electron chi connectivity index (χ0n) is 11.5. The second-order valence-corrected chi connectivity index (χ2v) is 6.25. The molecule has 0 saturated heterocycles. The Morgan fingerprint density at radius 2 is 1.86 bits per heavy atom. The molecule has 4 N–H and O–H groups in total. The van der Waals surface area contributed by atoms with Crippen LogP contribution in [0, 0.1) is 5.82 Å². The fourth-order valence-corrected chi connectivity index (χ4v) is 2.79. The summed E-state index contributed by atoms with van der Waals surface area (Å²) in [5.41, 5.74) is 7.23. The highest BCUT2D eigenvalue weighted by atomic mass is 32.2. The highest BCUT2D eigenvalue weighted by Crippen LogP contribution is 2.29. The van der Waals surface area contributed by atoms with Crippen LogP contribution in [0.1, 0.15) is 5.56 Å². The smallest absolute Gasteiger partial charge is 0.240 e. The summed E-state index contributed by atoms with van der Waals surface area (Å²) >= 11 is 0. The van der Waals surface area contributed by atoms with Gasteiger partial charge in [0, 0.05) is 13.6 Å². The molecule has 0 radical (unpaired) electrons. The van der Waals surface area contributed by atoms with E-state index in [2.05, 4.69) is 0 Å². The van der Waals surface area contributed by atoms with Crippen molar-refractivity contribution in [1.29, 1.82) is 0 Å². The predicted molar refractivity (Wildman–Crippen MR) is 80.7 cm³/mol. The fourth-order valence-electron chi connectivity index (χ4n) is 2.11. The number of sulfonamides is 1. The molecule has 2 aromatic carbocycles. The van der Waals surface area contributed by atoms with E-state index >= 15 is 0 Å². The minimum atomic E-state index is -3.88. The molecule has 0 aliphatic rings. The van der Waals surface area contributed by atoms with Crippen molar-refractivity contribution in [2.45, 2.75) is 11.4 Å². The molecule has 2 rings (SSSR count). The second-order valence-electron chi connectivity index (χ2n) is 4.72. The van der Waals surface area contributed by atoms with Crippen LogP contribution in [0.5, 0.6) is 0 Å². The first kappa shape index (κ1) is 15.3. The summed E-state index contributed by atoms with van der Waals surface area (Å²) in [4.78, 5) is 1.62. The van der Waals surface area contributed by atoms with E-state index in [1.165, 1.54) is 18.2 Å². The van der Waals surface area contributed by atoms with Crippen LogP contribution in [0.2, 0.25) is 0 Å². The molecule has 21 heavy (non-hydrogen) atoms. The average molecular weight is 309 g/mol. The number of nitrogens with zero attached hydrogens (tertiary/aromatic N) is 1. The van der Waals surface area contributed by atoms with Gasteiger partial charge in [-0.1, -0.05) is 18.2 Å². The van der Waals surface area contributed by atoms with Gasteiger partial charge in [0.15, 0.2) is 0 Å². The molecular formula is C14H16FN3O2S. The predicted octanol–water partition coefficient (Wildman–Crippen LogP) is 1.69. The summed E-state index contributed by atoms with van der Waals surface area (Å²) in [5.74, 6) is -0.327. The van der Waals surface area contributed by atoms with Crippen molar-refractivity contribution in [2.75, 3.05) is 17.7 Å². The van der Waals surface area contributed by atoms with Crippen LogP contribution in [-0.4, -0.2) is 15.5 Å². The van der Waals surface area contributed by atoms with E-state index in [0.717, 1.165) is 5.56 Å². The number of nitrogen functional groups attached to an aromatic ring is 1. The van der Waals surface area contributed by atoms with E-state index in [1.807, 2.05) is 0 Å². The summed E-state index contributed by atoms with van der Waals surface area (Å²) in [5, 5.41) is 5.12. The van der Waals surface area contributed by atoms with Gasteiger partial charge in [-0.05, 0) is 29.8 Å². The van der Waals surface area contributed by atoms with Gasteiger partial charge in [-0.2, -0.15) is 0 Å². The van der Waals surface area contributed by atoms with Crippen LogP contribution < -0.4 is 15.8 Å². The normalized spacial score (nSPS) is 11.4. The Labute approximate surface area is 123 Å². The van der Waals surface area contributed by atoms with E-state index in [1.54, 1.807) is 36.2 Å². The Morgan fingerprint density at radius 1 is 1.19 bits per heavy atom. The first-order chi connectivity index (χ1) is 9.79. The van der Waals surface area contributed by atoms with Crippen molar-refractivity contribution in [2.24, 2.45) is 5.14 Å². The minimum absolute atomic E-state index is 0.0823. The maximum Gasteiger partial charge on any atom is 0.240 e. The van der Waals surface area contributed by atoms with Crippen LogP contribution in [-0.2, 0) is 16.6 Å². The van der Waals surface area contributed by atoms with E-state index < -0.39 is 10.0 Å². The maximum absolute atomic E-state index is 13.2. The lowest BCUT2D eigenvalue weighted by Crippen LogP contribution is -2.20.